The molecule has 0 amide bonds. The van der Waals surface area contributed by atoms with Gasteiger partial charge in [0.15, 0.2) is 0 Å². The molecular weight excluding hydrogens is 490 g/mol. The lowest BCUT2D eigenvalue weighted by Crippen LogP contribution is -2.55. The Morgan fingerprint density at radius 2 is 1.92 bits per heavy atom. The van der Waals surface area contributed by atoms with Gasteiger partial charge in [-0.3, -0.25) is 14.2 Å². The minimum atomic E-state index is -2.57. The van der Waals surface area contributed by atoms with Crippen LogP contribution in [-0.4, -0.2) is 63.8 Å². The van der Waals surface area contributed by atoms with E-state index in [-0.39, 0.29) is 12.1 Å². The van der Waals surface area contributed by atoms with Crippen molar-refractivity contribution in [3.05, 3.63) is 59.4 Å². The predicted molar refractivity (Wildman–Crippen MR) is 151 cm³/mol. The van der Waals surface area contributed by atoms with Gasteiger partial charge in [-0.2, -0.15) is 10.2 Å². The number of aromatic nitrogens is 1. The number of alkyl halides is 2. The van der Waals surface area contributed by atoms with E-state index in [1.54, 1.807) is 18.3 Å². The van der Waals surface area contributed by atoms with Crippen molar-refractivity contribution in [2.45, 2.75) is 78.4 Å². The van der Waals surface area contributed by atoms with Gasteiger partial charge in [-0.15, -0.1) is 0 Å². The number of piperazine rings is 1. The average Bonchev–Trinajstić information content (AvgIpc) is 3.37. The van der Waals surface area contributed by atoms with E-state index in [1.165, 1.54) is 24.8 Å². The van der Waals surface area contributed by atoms with E-state index in [0.717, 1.165) is 42.6 Å². The Morgan fingerprint density at radius 1 is 1.11 bits per heavy atom. The molecule has 1 aromatic carbocycles. The summed E-state index contributed by atoms with van der Waals surface area (Å²) in [5.41, 5.74) is 4.38. The highest BCUT2D eigenvalue weighted by Gasteiger charge is 2.33. The van der Waals surface area contributed by atoms with Crippen LogP contribution in [0.25, 0.3) is 0 Å². The fourth-order valence-corrected chi connectivity index (χ4v) is 5.97. The van der Waals surface area contributed by atoms with E-state index < -0.39 is 6.43 Å². The third-order valence-electron chi connectivity index (χ3n) is 7.05. The molecule has 0 bridgehead atoms. The zero-order chi connectivity index (χ0) is 26.4. The fourth-order valence-electron chi connectivity index (χ4n) is 4.85. The van der Waals surface area contributed by atoms with E-state index in [9.17, 15) is 8.78 Å². The first-order chi connectivity index (χ1) is 18.0. The molecular formula is C28H38F2N6S. The van der Waals surface area contributed by atoms with Gasteiger partial charge in [-0.1, -0.05) is 32.4 Å². The second-order valence-corrected chi connectivity index (χ2v) is 10.8. The molecule has 9 heteroatoms. The Hall–Kier alpha value is -2.36. The van der Waals surface area contributed by atoms with E-state index in [0.29, 0.717) is 18.3 Å². The molecule has 200 valence electrons. The van der Waals surface area contributed by atoms with Crippen LogP contribution >= 0.6 is 12.1 Å². The average molecular weight is 529 g/mol. The number of benzene rings is 1. The van der Waals surface area contributed by atoms with Gasteiger partial charge in [0.2, 0.25) is 0 Å². The zero-order valence-electron chi connectivity index (χ0n) is 22.3. The van der Waals surface area contributed by atoms with Crippen molar-refractivity contribution in [3.8, 4) is 0 Å². The Morgan fingerprint density at radius 3 is 2.51 bits per heavy atom. The summed E-state index contributed by atoms with van der Waals surface area (Å²) in [6, 6.07) is 13.7. The first kappa shape index (κ1) is 27.7. The largest absolute Gasteiger partial charge is 0.297 e. The third kappa shape index (κ3) is 6.94. The molecule has 1 saturated heterocycles. The summed E-state index contributed by atoms with van der Waals surface area (Å²) in [6.07, 6.45) is 3.29. The summed E-state index contributed by atoms with van der Waals surface area (Å²) in [5, 5.41) is 7.54. The molecule has 37 heavy (non-hydrogen) atoms. The molecule has 2 aromatic rings. The van der Waals surface area contributed by atoms with Crippen LogP contribution in [0.5, 0.6) is 0 Å². The molecule has 1 unspecified atom stereocenters. The van der Waals surface area contributed by atoms with Gasteiger partial charge in [0.25, 0.3) is 6.43 Å². The molecule has 2 aliphatic heterocycles. The van der Waals surface area contributed by atoms with E-state index >= 15 is 0 Å². The van der Waals surface area contributed by atoms with Gasteiger partial charge in [-0.25, -0.2) is 13.1 Å². The monoisotopic (exact) mass is 528 g/mol. The molecule has 3 aliphatic rings. The van der Waals surface area contributed by atoms with Crippen molar-refractivity contribution in [1.29, 1.82) is 0 Å². The second-order valence-electron chi connectivity index (χ2n) is 9.67. The smallest absolute Gasteiger partial charge is 0.278 e. The van der Waals surface area contributed by atoms with Gasteiger partial charge in [0.1, 0.15) is 5.71 Å². The van der Waals surface area contributed by atoms with Crippen LogP contribution in [0.4, 0.5) is 14.5 Å². The molecule has 6 nitrogen and oxygen atoms in total. The summed E-state index contributed by atoms with van der Waals surface area (Å²) in [4.78, 5) is 7.33. The van der Waals surface area contributed by atoms with Crippen molar-refractivity contribution in [2.75, 3.05) is 23.9 Å². The summed E-state index contributed by atoms with van der Waals surface area (Å²) in [5.74, 6) is 0. The van der Waals surface area contributed by atoms with Gasteiger partial charge >= 0.3 is 0 Å². The molecule has 5 rings (SSSR count). The summed E-state index contributed by atoms with van der Waals surface area (Å²) in [6.45, 7) is 12.3. The van der Waals surface area contributed by atoms with E-state index in [4.69, 9.17) is 0 Å². The number of halogens is 2. The summed E-state index contributed by atoms with van der Waals surface area (Å²) in [7, 11) is 0. The van der Waals surface area contributed by atoms with Gasteiger partial charge in [0.05, 0.1) is 18.0 Å². The van der Waals surface area contributed by atoms with Crippen molar-refractivity contribution in [1.82, 2.24) is 14.2 Å². The number of aryl methyl sites for hydroxylation is 1. The maximum absolute atomic E-state index is 12.9. The lowest BCUT2D eigenvalue weighted by molar-refractivity contribution is 0.0480. The lowest BCUT2D eigenvalue weighted by atomic mass is 9.90. The number of hydrogen-bond donors (Lipinski definition) is 0. The molecule has 1 aliphatic carbocycles. The maximum atomic E-state index is 12.9. The quantitative estimate of drug-likeness (QED) is 0.373. The van der Waals surface area contributed by atoms with Crippen molar-refractivity contribution in [3.63, 3.8) is 0 Å². The van der Waals surface area contributed by atoms with Crippen LogP contribution in [0.2, 0.25) is 0 Å². The summed E-state index contributed by atoms with van der Waals surface area (Å²) >= 11 is 1.77. The number of hydrogen-bond acceptors (Lipinski definition) is 7. The van der Waals surface area contributed by atoms with Crippen LogP contribution in [0.1, 0.15) is 63.3 Å². The molecule has 0 N–H and O–H groups in total. The minimum Gasteiger partial charge on any atom is -0.297 e. The van der Waals surface area contributed by atoms with Crippen molar-refractivity contribution in [2.24, 2.45) is 10.2 Å². The van der Waals surface area contributed by atoms with Crippen LogP contribution < -0.4 is 4.31 Å². The SMILES string of the molecule is CC.Cc1cccc(N(Cc2ccc(C3=NN=C(C(F)F)C3)cn2)SN2CCN(C3CCC3)C(C)C2)c1. The van der Waals surface area contributed by atoms with Crippen LogP contribution in [0, 0.1) is 6.92 Å². The van der Waals surface area contributed by atoms with Crippen molar-refractivity contribution >= 4 is 29.2 Å². The molecule has 2 fully saturated rings. The highest BCUT2D eigenvalue weighted by molar-refractivity contribution is 7.98. The highest BCUT2D eigenvalue weighted by Crippen LogP contribution is 2.33. The maximum Gasteiger partial charge on any atom is 0.278 e. The highest BCUT2D eigenvalue weighted by atomic mass is 32.2. The normalized spacial score (nSPS) is 20.7. The van der Waals surface area contributed by atoms with Crippen LogP contribution in [0.3, 0.4) is 0 Å². The van der Waals surface area contributed by atoms with Gasteiger partial charge in [-0.05, 0) is 56.5 Å². The second kappa shape index (κ2) is 12.9. The Labute approximate surface area is 224 Å². The van der Waals surface area contributed by atoms with Crippen LogP contribution in [0.15, 0.2) is 52.8 Å². The fraction of sp³-hybridized carbons (Fsp3) is 0.536. The molecule has 3 heterocycles. The first-order valence-electron chi connectivity index (χ1n) is 13.4. The standard InChI is InChI=1S/C26H32F2N6S.C2H6/c1-18-5-3-8-23(13-18)34(35-32-11-12-33(19(2)16-32)22-6-4-7-22)17-21-10-9-20(15-29-21)24-14-25(26(27)28)31-30-24;1-2/h3,5,8-10,13,15,19,22,26H,4,6-7,11-12,14,16-17H2,1-2H3;1-2H3. The molecule has 0 spiro atoms. The van der Waals surface area contributed by atoms with Crippen molar-refractivity contribution < 1.29 is 8.78 Å². The number of pyridine rings is 1. The van der Waals surface area contributed by atoms with Gasteiger partial charge < -0.3 is 0 Å². The van der Waals surface area contributed by atoms with E-state index in [2.05, 4.69) is 66.8 Å². The molecule has 1 saturated carbocycles. The number of rotatable bonds is 8. The lowest BCUT2D eigenvalue weighted by Gasteiger charge is -2.47. The van der Waals surface area contributed by atoms with Gasteiger partial charge in [0, 0.05) is 67.7 Å². The topological polar surface area (TPSA) is 47.3 Å². The molecule has 1 atom stereocenters. The molecule has 1 aromatic heterocycles. The Bertz CT molecular complexity index is 1090. The Kier molecular flexibility index (Phi) is 9.67. The number of anilines is 1. The predicted octanol–water partition coefficient (Wildman–Crippen LogP) is 6.36. The van der Waals surface area contributed by atoms with Crippen LogP contribution in [-0.2, 0) is 6.54 Å². The molecule has 0 radical (unpaired) electrons. The first-order valence-corrected chi connectivity index (χ1v) is 14.1. The van der Waals surface area contributed by atoms with E-state index in [1.807, 2.05) is 26.0 Å². The Balaban J connectivity index is 0.00000156. The summed E-state index contributed by atoms with van der Waals surface area (Å²) < 4.78 is 30.5. The zero-order valence-corrected chi connectivity index (χ0v) is 23.1. The number of nitrogens with zero attached hydrogens (tertiary/aromatic N) is 6. The third-order valence-corrected chi connectivity index (χ3v) is 8.15. The minimum absolute atomic E-state index is 0.0784.